The molecule has 1 N–H and O–H groups in total. The maximum Gasteiger partial charge on any atom is 0.303 e. The molecule has 168 valence electrons. The van der Waals surface area contributed by atoms with Gasteiger partial charge in [-0.2, -0.15) is 5.10 Å². The Morgan fingerprint density at radius 2 is 1.73 bits per heavy atom. The number of benzene rings is 2. The van der Waals surface area contributed by atoms with E-state index in [2.05, 4.69) is 0 Å². The van der Waals surface area contributed by atoms with Gasteiger partial charge in [0.1, 0.15) is 4.32 Å². The van der Waals surface area contributed by atoms with Gasteiger partial charge in [0.25, 0.3) is 5.91 Å². The molecule has 1 amide bonds. The van der Waals surface area contributed by atoms with Gasteiger partial charge in [0.05, 0.1) is 16.3 Å². The number of rotatable bonds is 9. The summed E-state index contributed by atoms with van der Waals surface area (Å²) in [5, 5.41) is 13.6. The lowest BCUT2D eigenvalue weighted by Crippen LogP contribution is -2.29. The predicted molar refractivity (Wildman–Crippen MR) is 135 cm³/mol. The largest absolute Gasteiger partial charge is 0.481 e. The molecule has 1 aromatic heterocycles. The summed E-state index contributed by atoms with van der Waals surface area (Å²) < 4.78 is 2.35. The molecule has 0 unspecified atom stereocenters. The molecule has 0 bridgehead atoms. The van der Waals surface area contributed by atoms with Crippen LogP contribution < -0.4 is 0 Å². The van der Waals surface area contributed by atoms with Gasteiger partial charge in [-0.15, -0.1) is 0 Å². The molecule has 0 radical (unpaired) electrons. The van der Waals surface area contributed by atoms with Crippen LogP contribution in [0.15, 0.2) is 71.8 Å². The molecule has 0 spiro atoms. The first-order valence-corrected chi connectivity index (χ1v) is 11.9. The van der Waals surface area contributed by atoms with E-state index in [1.807, 2.05) is 77.6 Å². The molecular weight excluding hydrogens is 454 g/mol. The van der Waals surface area contributed by atoms with Gasteiger partial charge in [0.15, 0.2) is 0 Å². The summed E-state index contributed by atoms with van der Waals surface area (Å²) in [5.74, 6) is -0.913. The lowest BCUT2D eigenvalue weighted by Gasteiger charge is -2.13. The number of hydrogen-bond acceptors (Lipinski definition) is 5. The van der Waals surface area contributed by atoms with Crippen molar-refractivity contribution in [1.82, 2.24) is 14.7 Å². The van der Waals surface area contributed by atoms with E-state index in [4.69, 9.17) is 22.4 Å². The van der Waals surface area contributed by atoms with Crippen LogP contribution in [0.3, 0.4) is 0 Å². The second-order valence-corrected chi connectivity index (χ2v) is 9.29. The van der Waals surface area contributed by atoms with Crippen LogP contribution in [0.5, 0.6) is 0 Å². The van der Waals surface area contributed by atoms with Crippen molar-refractivity contribution in [2.24, 2.45) is 0 Å². The Morgan fingerprint density at radius 1 is 1.03 bits per heavy atom. The van der Waals surface area contributed by atoms with E-state index in [9.17, 15) is 9.59 Å². The molecule has 2 heterocycles. The van der Waals surface area contributed by atoms with Gasteiger partial charge in [0.2, 0.25) is 0 Å². The average Bonchev–Trinajstić information content (AvgIpc) is 3.36. The number of carboxylic acid groups (broad SMARTS) is 1. The Bertz CT molecular complexity index is 1190. The van der Waals surface area contributed by atoms with Crippen LogP contribution in [0.1, 0.15) is 31.2 Å². The molecule has 1 aliphatic heterocycles. The summed E-state index contributed by atoms with van der Waals surface area (Å²) in [6.07, 6.45) is 5.98. The second kappa shape index (κ2) is 10.6. The quantitative estimate of drug-likeness (QED) is 0.253. The topological polar surface area (TPSA) is 75.4 Å². The molecule has 1 saturated heterocycles. The van der Waals surface area contributed by atoms with Crippen LogP contribution in [0.4, 0.5) is 0 Å². The lowest BCUT2D eigenvalue weighted by atomic mass is 10.1. The van der Waals surface area contributed by atoms with Crippen molar-refractivity contribution in [3.05, 3.63) is 77.3 Å². The smallest absolute Gasteiger partial charge is 0.303 e. The Morgan fingerprint density at radius 3 is 2.42 bits per heavy atom. The molecule has 3 aromatic rings. The van der Waals surface area contributed by atoms with Crippen molar-refractivity contribution < 1.29 is 14.7 Å². The van der Waals surface area contributed by atoms with Gasteiger partial charge in [-0.25, -0.2) is 4.68 Å². The summed E-state index contributed by atoms with van der Waals surface area (Å²) >= 11 is 6.74. The first kappa shape index (κ1) is 22.9. The maximum absolute atomic E-state index is 13.0. The van der Waals surface area contributed by atoms with Crippen LogP contribution in [0.2, 0.25) is 0 Å². The molecular formula is C25H23N3O3S2. The van der Waals surface area contributed by atoms with E-state index < -0.39 is 5.97 Å². The number of carbonyl (C=O) groups excluding carboxylic acids is 1. The SMILES string of the molecule is O=C(O)CCCCCN1C(=O)C(=Cc2cn(-c3ccccc3)nc2-c2ccccc2)SC1=S. The first-order valence-electron chi connectivity index (χ1n) is 10.7. The van der Waals surface area contributed by atoms with Crippen molar-refractivity contribution in [3.8, 4) is 16.9 Å². The highest BCUT2D eigenvalue weighted by Gasteiger charge is 2.32. The number of para-hydroxylation sites is 1. The van der Waals surface area contributed by atoms with Crippen LogP contribution in [0, 0.1) is 0 Å². The fourth-order valence-corrected chi connectivity index (χ4v) is 4.88. The van der Waals surface area contributed by atoms with Crippen LogP contribution >= 0.6 is 24.0 Å². The molecule has 2 aromatic carbocycles. The Labute approximate surface area is 201 Å². The third-order valence-corrected chi connectivity index (χ3v) is 6.62. The zero-order valence-corrected chi connectivity index (χ0v) is 19.5. The van der Waals surface area contributed by atoms with Gasteiger partial charge >= 0.3 is 5.97 Å². The predicted octanol–water partition coefficient (Wildman–Crippen LogP) is 5.39. The number of aromatic nitrogens is 2. The Balaban J connectivity index is 1.57. The van der Waals surface area contributed by atoms with E-state index in [1.165, 1.54) is 11.8 Å². The van der Waals surface area contributed by atoms with Gasteiger partial charge in [-0.05, 0) is 31.1 Å². The first-order chi connectivity index (χ1) is 16.0. The Kier molecular flexibility index (Phi) is 7.36. The van der Waals surface area contributed by atoms with Gasteiger partial charge < -0.3 is 5.11 Å². The molecule has 0 atom stereocenters. The minimum absolute atomic E-state index is 0.116. The molecule has 33 heavy (non-hydrogen) atoms. The second-order valence-electron chi connectivity index (χ2n) is 7.62. The number of unbranched alkanes of at least 4 members (excludes halogenated alkanes) is 2. The van der Waals surface area contributed by atoms with Crippen LogP contribution in [-0.4, -0.2) is 42.5 Å². The third-order valence-electron chi connectivity index (χ3n) is 5.24. The van der Waals surface area contributed by atoms with Gasteiger partial charge in [-0.3, -0.25) is 14.5 Å². The van der Waals surface area contributed by atoms with Crippen molar-refractivity contribution >= 4 is 46.3 Å². The van der Waals surface area contributed by atoms with Crippen molar-refractivity contribution in [2.75, 3.05) is 6.54 Å². The molecule has 8 heteroatoms. The van der Waals surface area contributed by atoms with E-state index in [0.717, 1.165) is 28.9 Å². The highest BCUT2D eigenvalue weighted by atomic mass is 32.2. The fraction of sp³-hybridized carbons (Fsp3) is 0.200. The minimum atomic E-state index is -0.797. The van der Waals surface area contributed by atoms with Gasteiger partial charge in [0, 0.05) is 30.3 Å². The number of thiocarbonyl (C=S) groups is 1. The standard InChI is InChI=1S/C25H23N3O3S2/c29-22(30)14-8-3-9-15-27-24(31)21(33-25(27)32)16-19-17-28(20-12-6-2-7-13-20)26-23(19)18-10-4-1-5-11-18/h1-2,4-7,10-13,16-17H,3,8-9,14-15H2,(H,29,30). The number of carbonyl (C=O) groups is 2. The maximum atomic E-state index is 13.0. The third kappa shape index (κ3) is 5.58. The highest BCUT2D eigenvalue weighted by molar-refractivity contribution is 8.26. The monoisotopic (exact) mass is 477 g/mol. The van der Waals surface area contributed by atoms with E-state index >= 15 is 0 Å². The molecule has 1 aliphatic rings. The van der Waals surface area contributed by atoms with E-state index in [-0.39, 0.29) is 12.3 Å². The summed E-state index contributed by atoms with van der Waals surface area (Å²) in [7, 11) is 0. The number of aliphatic carboxylic acids is 1. The minimum Gasteiger partial charge on any atom is -0.481 e. The molecule has 4 rings (SSSR count). The molecule has 6 nitrogen and oxygen atoms in total. The zero-order chi connectivity index (χ0) is 23.2. The number of hydrogen-bond donors (Lipinski definition) is 1. The van der Waals surface area contributed by atoms with E-state index in [0.29, 0.717) is 28.6 Å². The molecule has 0 aliphatic carbocycles. The summed E-state index contributed by atoms with van der Waals surface area (Å²) in [4.78, 5) is 25.9. The number of nitrogens with zero attached hydrogens (tertiary/aromatic N) is 3. The van der Waals surface area contributed by atoms with Crippen molar-refractivity contribution in [1.29, 1.82) is 0 Å². The van der Waals surface area contributed by atoms with Crippen molar-refractivity contribution in [2.45, 2.75) is 25.7 Å². The fourth-order valence-electron chi connectivity index (χ4n) is 3.58. The van der Waals surface area contributed by atoms with Crippen molar-refractivity contribution in [3.63, 3.8) is 0 Å². The number of thioether (sulfide) groups is 1. The summed E-state index contributed by atoms with van der Waals surface area (Å²) in [6, 6.07) is 19.7. The summed E-state index contributed by atoms with van der Waals surface area (Å²) in [6.45, 7) is 0.496. The van der Waals surface area contributed by atoms with Crippen LogP contribution in [0.25, 0.3) is 23.0 Å². The molecule has 1 fully saturated rings. The van der Waals surface area contributed by atoms with Gasteiger partial charge in [-0.1, -0.05) is 78.9 Å². The van der Waals surface area contributed by atoms with Crippen LogP contribution in [-0.2, 0) is 9.59 Å². The lowest BCUT2D eigenvalue weighted by molar-refractivity contribution is -0.137. The highest BCUT2D eigenvalue weighted by Crippen LogP contribution is 2.35. The average molecular weight is 478 g/mol. The summed E-state index contributed by atoms with van der Waals surface area (Å²) in [5.41, 5.74) is 3.53. The van der Waals surface area contributed by atoms with E-state index in [1.54, 1.807) is 4.90 Å². The number of carboxylic acids is 1. The zero-order valence-electron chi connectivity index (χ0n) is 17.9. The molecule has 0 saturated carbocycles. The number of amides is 1. The Hall–Kier alpha value is -3.23. The normalized spacial score (nSPS) is 14.9.